The minimum Gasteiger partial charge on any atom is -0.399 e. The molecule has 4 rings (SSSR count). The van der Waals surface area contributed by atoms with Crippen molar-refractivity contribution in [1.82, 2.24) is 10.6 Å². The molecule has 1 aromatic rings. The third-order valence-corrected chi connectivity index (χ3v) is 7.61. The van der Waals surface area contributed by atoms with Crippen molar-refractivity contribution in [2.75, 3.05) is 5.75 Å². The van der Waals surface area contributed by atoms with E-state index in [1.165, 1.54) is 0 Å². The van der Waals surface area contributed by atoms with Gasteiger partial charge in [-0.1, -0.05) is 12.1 Å². The van der Waals surface area contributed by atoms with Gasteiger partial charge in [0.1, 0.15) is 5.54 Å². The molecule has 2 heterocycles. The molecule has 1 saturated carbocycles. The molecule has 0 spiro atoms. The quantitative estimate of drug-likeness (QED) is 0.681. The fourth-order valence-corrected chi connectivity index (χ4v) is 4.80. The average Bonchev–Trinajstić information content (AvgIpc) is 3.27. The highest BCUT2D eigenvalue weighted by atomic mass is 32.2. The Bertz CT molecular complexity index is 917. The average molecular weight is 456 g/mol. The minimum absolute atomic E-state index is 0.189. The van der Waals surface area contributed by atoms with Crippen molar-refractivity contribution in [1.29, 1.82) is 0 Å². The Kier molecular flexibility index (Phi) is 5.18. The van der Waals surface area contributed by atoms with E-state index in [4.69, 9.17) is 9.31 Å². The standard InChI is InChI=1S/C20H24BF3N2O4S/c1-17(2)18(3,4)30-21(29-17)11-5-6-12-13(10-31-14(12)9-11)25-15(27)19(7-8-19)26-16(28)20(22,23)24/h5-6,9,13H,7-8,10H2,1-4H3,(H,25,27)(H,26,28). The van der Waals surface area contributed by atoms with Gasteiger partial charge < -0.3 is 19.9 Å². The van der Waals surface area contributed by atoms with Crippen molar-refractivity contribution in [2.45, 2.75) is 74.4 Å². The van der Waals surface area contributed by atoms with E-state index in [9.17, 15) is 22.8 Å². The molecule has 168 valence electrons. The molecule has 11 heteroatoms. The molecule has 0 aromatic heterocycles. The lowest BCUT2D eigenvalue weighted by atomic mass is 9.78. The van der Waals surface area contributed by atoms with Crippen LogP contribution in [0.3, 0.4) is 0 Å². The normalized spacial score (nSPS) is 25.1. The number of benzene rings is 1. The van der Waals surface area contributed by atoms with E-state index >= 15 is 0 Å². The third kappa shape index (κ3) is 4.07. The number of hydrogen-bond acceptors (Lipinski definition) is 5. The molecule has 31 heavy (non-hydrogen) atoms. The molecule has 2 fully saturated rings. The summed E-state index contributed by atoms with van der Waals surface area (Å²) in [5.41, 5.74) is -0.633. The van der Waals surface area contributed by atoms with Crippen molar-refractivity contribution in [3.63, 3.8) is 0 Å². The van der Waals surface area contributed by atoms with Crippen LogP contribution >= 0.6 is 11.8 Å². The highest BCUT2D eigenvalue weighted by molar-refractivity contribution is 7.99. The summed E-state index contributed by atoms with van der Waals surface area (Å²) in [6, 6.07) is 5.38. The number of fused-ring (bicyclic) bond motifs is 1. The van der Waals surface area contributed by atoms with Crippen LogP contribution in [0.2, 0.25) is 0 Å². The molecule has 1 atom stereocenters. The number of amides is 2. The second kappa shape index (κ2) is 7.15. The Morgan fingerprint density at radius 2 is 1.74 bits per heavy atom. The predicted molar refractivity (Wildman–Crippen MR) is 110 cm³/mol. The number of halogens is 3. The zero-order valence-corrected chi connectivity index (χ0v) is 18.5. The first-order chi connectivity index (χ1) is 14.2. The molecule has 1 saturated heterocycles. The Morgan fingerprint density at radius 3 is 2.29 bits per heavy atom. The molecule has 0 bridgehead atoms. The number of rotatable bonds is 4. The van der Waals surface area contributed by atoms with E-state index in [0.29, 0.717) is 5.75 Å². The monoisotopic (exact) mass is 456 g/mol. The maximum Gasteiger partial charge on any atom is 0.494 e. The molecular formula is C20H24BF3N2O4S. The van der Waals surface area contributed by atoms with Crippen LogP contribution in [-0.2, 0) is 18.9 Å². The van der Waals surface area contributed by atoms with Crippen LogP contribution in [0.4, 0.5) is 13.2 Å². The summed E-state index contributed by atoms with van der Waals surface area (Å²) in [4.78, 5) is 24.9. The molecule has 2 amide bonds. The van der Waals surface area contributed by atoms with Gasteiger partial charge in [0.15, 0.2) is 0 Å². The largest absolute Gasteiger partial charge is 0.494 e. The summed E-state index contributed by atoms with van der Waals surface area (Å²) in [5, 5.41) is 4.66. The van der Waals surface area contributed by atoms with Crippen molar-refractivity contribution in [2.24, 2.45) is 0 Å². The molecule has 3 aliphatic rings. The van der Waals surface area contributed by atoms with E-state index in [-0.39, 0.29) is 18.9 Å². The van der Waals surface area contributed by atoms with Gasteiger partial charge in [0, 0.05) is 10.6 Å². The smallest absolute Gasteiger partial charge is 0.399 e. The summed E-state index contributed by atoms with van der Waals surface area (Å²) in [7, 11) is -0.503. The fraction of sp³-hybridized carbons (Fsp3) is 0.600. The van der Waals surface area contributed by atoms with Crippen LogP contribution in [0.1, 0.15) is 52.1 Å². The summed E-state index contributed by atoms with van der Waals surface area (Å²) < 4.78 is 49.9. The van der Waals surface area contributed by atoms with Gasteiger partial charge >= 0.3 is 19.2 Å². The summed E-state index contributed by atoms with van der Waals surface area (Å²) >= 11 is 1.55. The topological polar surface area (TPSA) is 76.7 Å². The second-order valence-electron chi connectivity index (χ2n) is 9.26. The van der Waals surface area contributed by atoms with Crippen LogP contribution in [0.25, 0.3) is 0 Å². The maximum atomic E-state index is 12.6. The highest BCUT2D eigenvalue weighted by Gasteiger charge is 2.55. The third-order valence-electron chi connectivity index (χ3n) is 6.44. The van der Waals surface area contributed by atoms with E-state index in [0.717, 1.165) is 15.9 Å². The van der Waals surface area contributed by atoms with Gasteiger partial charge in [-0.15, -0.1) is 11.8 Å². The van der Waals surface area contributed by atoms with Crippen LogP contribution in [-0.4, -0.2) is 47.6 Å². The van der Waals surface area contributed by atoms with Gasteiger partial charge in [-0.3, -0.25) is 9.59 Å². The highest BCUT2D eigenvalue weighted by Crippen LogP contribution is 2.42. The summed E-state index contributed by atoms with van der Waals surface area (Å²) in [5.74, 6) is -2.12. The molecule has 2 N–H and O–H groups in total. The van der Waals surface area contributed by atoms with Crippen molar-refractivity contribution in [3.05, 3.63) is 23.8 Å². The van der Waals surface area contributed by atoms with Crippen molar-refractivity contribution in [3.8, 4) is 0 Å². The first kappa shape index (κ1) is 22.5. The molecule has 1 unspecified atom stereocenters. The zero-order chi connectivity index (χ0) is 22.8. The second-order valence-corrected chi connectivity index (χ2v) is 10.3. The lowest BCUT2D eigenvalue weighted by molar-refractivity contribution is -0.175. The van der Waals surface area contributed by atoms with E-state index < -0.39 is 41.9 Å². The van der Waals surface area contributed by atoms with E-state index in [1.54, 1.807) is 11.8 Å². The Hall–Kier alpha value is -1.72. The van der Waals surface area contributed by atoms with Crippen LogP contribution in [0.5, 0.6) is 0 Å². The molecule has 2 aliphatic heterocycles. The molecule has 0 radical (unpaired) electrons. The van der Waals surface area contributed by atoms with Crippen LogP contribution < -0.4 is 16.1 Å². The summed E-state index contributed by atoms with van der Waals surface area (Å²) in [6.45, 7) is 7.91. The minimum atomic E-state index is -5.02. The Morgan fingerprint density at radius 1 is 1.13 bits per heavy atom. The lowest BCUT2D eigenvalue weighted by Gasteiger charge is -2.32. The van der Waals surface area contributed by atoms with Gasteiger partial charge in [-0.2, -0.15) is 13.2 Å². The van der Waals surface area contributed by atoms with Crippen LogP contribution in [0.15, 0.2) is 23.1 Å². The number of nitrogens with one attached hydrogen (secondary N) is 2. The van der Waals surface area contributed by atoms with Crippen LogP contribution in [0, 0.1) is 0 Å². The fourth-order valence-electron chi connectivity index (χ4n) is 3.59. The molecule has 1 aliphatic carbocycles. The van der Waals surface area contributed by atoms with E-state index in [1.807, 2.05) is 51.2 Å². The van der Waals surface area contributed by atoms with Gasteiger partial charge in [-0.05, 0) is 57.6 Å². The number of alkyl halides is 3. The number of hydrogen-bond donors (Lipinski definition) is 2. The van der Waals surface area contributed by atoms with Gasteiger partial charge in [0.25, 0.3) is 0 Å². The Labute approximate surface area is 183 Å². The Balaban J connectivity index is 1.44. The summed E-state index contributed by atoms with van der Waals surface area (Å²) in [6.07, 6.45) is -4.64. The first-order valence-electron chi connectivity index (χ1n) is 10.1. The van der Waals surface area contributed by atoms with Gasteiger partial charge in [-0.25, -0.2) is 0 Å². The van der Waals surface area contributed by atoms with Crippen molar-refractivity contribution >= 4 is 36.2 Å². The number of carbonyl (C=O) groups is 2. The number of carbonyl (C=O) groups excluding carboxylic acids is 2. The van der Waals surface area contributed by atoms with Gasteiger partial charge in [0.05, 0.1) is 17.2 Å². The SMILES string of the molecule is CC1(C)OB(c2ccc3c(c2)SCC3NC(=O)C2(NC(=O)C(F)(F)F)CC2)OC1(C)C. The zero-order valence-electron chi connectivity index (χ0n) is 17.7. The maximum absolute atomic E-state index is 12.6. The lowest BCUT2D eigenvalue weighted by Crippen LogP contribution is -2.53. The first-order valence-corrected chi connectivity index (χ1v) is 11.1. The van der Waals surface area contributed by atoms with E-state index in [2.05, 4.69) is 5.32 Å². The molecular weight excluding hydrogens is 432 g/mol. The van der Waals surface area contributed by atoms with Crippen molar-refractivity contribution < 1.29 is 32.1 Å². The number of thioether (sulfide) groups is 1. The molecule has 1 aromatic carbocycles. The predicted octanol–water partition coefficient (Wildman–Crippen LogP) is 2.46. The van der Waals surface area contributed by atoms with Gasteiger partial charge in [0.2, 0.25) is 5.91 Å². The molecule has 6 nitrogen and oxygen atoms in total.